The minimum atomic E-state index is -5.14. The Balaban J connectivity index is 2.80. The Labute approximate surface area is 152 Å². The van der Waals surface area contributed by atoms with Crippen LogP contribution in [0, 0.1) is 11.3 Å². The molecule has 27 heavy (non-hydrogen) atoms. The fourth-order valence-corrected chi connectivity index (χ4v) is 3.01. The second-order valence-corrected chi connectivity index (χ2v) is 6.38. The SMILES string of the molecule is COC(=O)c1ccc(C(F)(F)F)cc1N(c1ccc(C#N)cc1)S(=O)(=O)O. The van der Waals surface area contributed by atoms with Gasteiger partial charge in [0, 0.05) is 0 Å². The molecule has 0 unspecified atom stereocenters. The summed E-state index contributed by atoms with van der Waals surface area (Å²) in [5.74, 6) is -1.11. The first-order valence-electron chi connectivity index (χ1n) is 7.06. The fraction of sp³-hybridized carbons (Fsp3) is 0.125. The Kier molecular flexibility index (Phi) is 5.43. The maximum absolute atomic E-state index is 13.1. The normalized spacial score (nSPS) is 11.6. The number of methoxy groups -OCH3 is 1. The van der Waals surface area contributed by atoms with Crippen molar-refractivity contribution in [3.05, 3.63) is 59.2 Å². The van der Waals surface area contributed by atoms with Crippen molar-refractivity contribution in [2.24, 2.45) is 0 Å². The van der Waals surface area contributed by atoms with E-state index in [9.17, 15) is 30.9 Å². The molecule has 7 nitrogen and oxygen atoms in total. The fourth-order valence-electron chi connectivity index (χ4n) is 2.23. The van der Waals surface area contributed by atoms with Gasteiger partial charge in [-0.3, -0.25) is 4.55 Å². The van der Waals surface area contributed by atoms with Gasteiger partial charge in [-0.25, -0.2) is 9.10 Å². The third kappa shape index (κ3) is 4.36. The highest BCUT2D eigenvalue weighted by molar-refractivity contribution is 7.87. The minimum absolute atomic E-state index is 0.145. The van der Waals surface area contributed by atoms with Crippen molar-refractivity contribution in [2.75, 3.05) is 11.4 Å². The number of anilines is 2. The summed E-state index contributed by atoms with van der Waals surface area (Å²) in [5.41, 5.74) is -2.67. The number of rotatable bonds is 4. The Bertz CT molecular complexity index is 1010. The predicted octanol–water partition coefficient (Wildman–Crippen LogP) is 3.30. The van der Waals surface area contributed by atoms with Crippen LogP contribution in [0.5, 0.6) is 0 Å². The van der Waals surface area contributed by atoms with E-state index in [1.807, 2.05) is 0 Å². The van der Waals surface area contributed by atoms with Gasteiger partial charge in [0.2, 0.25) is 0 Å². The number of alkyl halides is 3. The third-order valence-electron chi connectivity index (χ3n) is 3.41. The molecule has 0 saturated carbocycles. The maximum Gasteiger partial charge on any atom is 0.416 e. The largest absolute Gasteiger partial charge is 0.465 e. The first-order valence-corrected chi connectivity index (χ1v) is 8.46. The average molecular weight is 400 g/mol. The lowest BCUT2D eigenvalue weighted by molar-refractivity contribution is -0.137. The van der Waals surface area contributed by atoms with Crippen LogP contribution >= 0.6 is 0 Å². The minimum Gasteiger partial charge on any atom is -0.465 e. The zero-order valence-electron chi connectivity index (χ0n) is 13.6. The molecule has 2 aromatic carbocycles. The number of nitrogens with zero attached hydrogens (tertiary/aromatic N) is 2. The van der Waals surface area contributed by atoms with Gasteiger partial charge in [-0.1, -0.05) is 0 Å². The quantitative estimate of drug-likeness (QED) is 0.623. The van der Waals surface area contributed by atoms with Crippen molar-refractivity contribution in [3.63, 3.8) is 0 Å². The van der Waals surface area contributed by atoms with Crippen LogP contribution in [0.3, 0.4) is 0 Å². The molecular formula is C16H11F3N2O5S. The van der Waals surface area contributed by atoms with Crippen LogP contribution in [0.4, 0.5) is 24.5 Å². The smallest absolute Gasteiger partial charge is 0.416 e. The van der Waals surface area contributed by atoms with Gasteiger partial charge < -0.3 is 4.74 Å². The molecule has 0 radical (unpaired) electrons. The Morgan fingerprint density at radius 1 is 1.19 bits per heavy atom. The van der Waals surface area contributed by atoms with E-state index in [4.69, 9.17) is 5.26 Å². The lowest BCUT2D eigenvalue weighted by Crippen LogP contribution is -2.27. The van der Waals surface area contributed by atoms with E-state index < -0.39 is 39.3 Å². The van der Waals surface area contributed by atoms with Crippen molar-refractivity contribution in [2.45, 2.75) is 6.18 Å². The van der Waals surface area contributed by atoms with E-state index in [0.29, 0.717) is 12.1 Å². The molecule has 0 fully saturated rings. The monoisotopic (exact) mass is 400 g/mol. The number of ether oxygens (including phenoxy) is 1. The summed E-state index contributed by atoms with van der Waals surface area (Å²) in [7, 11) is -4.18. The molecule has 0 bridgehead atoms. The number of nitriles is 1. The lowest BCUT2D eigenvalue weighted by atomic mass is 10.1. The van der Waals surface area contributed by atoms with Crippen molar-refractivity contribution < 1.29 is 35.7 Å². The number of hydrogen-bond donors (Lipinski definition) is 1. The van der Waals surface area contributed by atoms with Gasteiger partial charge in [-0.2, -0.15) is 26.9 Å². The van der Waals surface area contributed by atoms with Gasteiger partial charge in [-0.05, 0) is 42.5 Å². The molecule has 0 spiro atoms. The van der Waals surface area contributed by atoms with Gasteiger partial charge in [0.1, 0.15) is 0 Å². The zero-order valence-corrected chi connectivity index (χ0v) is 14.4. The second-order valence-electron chi connectivity index (χ2n) is 5.12. The number of hydrogen-bond acceptors (Lipinski definition) is 5. The van der Waals surface area contributed by atoms with Crippen molar-refractivity contribution in [3.8, 4) is 6.07 Å². The van der Waals surface area contributed by atoms with Crippen LogP contribution in [0.25, 0.3) is 0 Å². The first-order chi connectivity index (χ1) is 12.5. The van der Waals surface area contributed by atoms with Gasteiger partial charge >= 0.3 is 22.4 Å². The van der Waals surface area contributed by atoms with Crippen LogP contribution in [0.2, 0.25) is 0 Å². The standard InChI is InChI=1S/C16H11F3N2O5S/c1-26-15(22)13-7-4-11(16(17,18)19)8-14(13)21(27(23,24)25)12-5-2-10(9-20)3-6-12/h2-8H,1H3,(H,23,24,25). The lowest BCUT2D eigenvalue weighted by Gasteiger charge is -2.24. The molecule has 1 N–H and O–H groups in total. The average Bonchev–Trinajstić information content (AvgIpc) is 2.60. The number of benzene rings is 2. The molecule has 0 aliphatic heterocycles. The molecule has 0 atom stereocenters. The summed E-state index contributed by atoms with van der Waals surface area (Å²) in [5, 5.41) is 8.80. The molecule has 11 heteroatoms. The third-order valence-corrected chi connectivity index (χ3v) is 4.28. The van der Waals surface area contributed by atoms with E-state index in [-0.39, 0.29) is 15.6 Å². The van der Waals surface area contributed by atoms with Crippen LogP contribution in [0.15, 0.2) is 42.5 Å². The Morgan fingerprint density at radius 3 is 2.22 bits per heavy atom. The summed E-state index contributed by atoms with van der Waals surface area (Å²) in [4.78, 5) is 11.9. The van der Waals surface area contributed by atoms with Crippen molar-refractivity contribution >= 4 is 27.6 Å². The molecule has 0 aliphatic rings. The van der Waals surface area contributed by atoms with Gasteiger partial charge in [0.25, 0.3) is 0 Å². The molecule has 2 rings (SSSR count). The summed E-state index contributed by atoms with van der Waals surface area (Å²) >= 11 is 0. The molecule has 0 heterocycles. The molecule has 142 valence electrons. The van der Waals surface area contributed by atoms with E-state index in [0.717, 1.165) is 25.3 Å². The maximum atomic E-state index is 13.1. The molecule has 2 aromatic rings. The number of carbonyl (C=O) groups is 1. The Morgan fingerprint density at radius 2 is 1.78 bits per heavy atom. The Hall–Kier alpha value is -3.10. The van der Waals surface area contributed by atoms with Crippen LogP contribution < -0.4 is 4.31 Å². The summed E-state index contributed by atoms with van der Waals surface area (Å²) < 4.78 is 77.2. The van der Waals surface area contributed by atoms with E-state index in [1.54, 1.807) is 6.07 Å². The first kappa shape index (κ1) is 20.2. The summed E-state index contributed by atoms with van der Waals surface area (Å²) in [6.45, 7) is 0. The molecule has 0 saturated heterocycles. The topological polar surface area (TPSA) is 108 Å². The van der Waals surface area contributed by atoms with Crippen LogP contribution in [0.1, 0.15) is 21.5 Å². The number of halogens is 3. The van der Waals surface area contributed by atoms with E-state index in [1.165, 1.54) is 12.1 Å². The van der Waals surface area contributed by atoms with Crippen molar-refractivity contribution in [1.29, 1.82) is 5.26 Å². The number of esters is 1. The molecule has 0 aliphatic carbocycles. The van der Waals surface area contributed by atoms with Gasteiger partial charge in [0.05, 0.1) is 41.2 Å². The van der Waals surface area contributed by atoms with Crippen LogP contribution in [-0.2, 0) is 21.2 Å². The highest BCUT2D eigenvalue weighted by atomic mass is 32.2. The summed E-state index contributed by atoms with van der Waals surface area (Å²) in [6, 6.07) is 8.08. The van der Waals surface area contributed by atoms with Crippen LogP contribution in [-0.4, -0.2) is 26.0 Å². The van der Waals surface area contributed by atoms with Crippen molar-refractivity contribution in [1.82, 2.24) is 0 Å². The van der Waals surface area contributed by atoms with E-state index >= 15 is 0 Å². The van der Waals surface area contributed by atoms with Gasteiger partial charge in [0.15, 0.2) is 0 Å². The summed E-state index contributed by atoms with van der Waals surface area (Å²) in [6.07, 6.45) is -4.83. The second kappa shape index (κ2) is 7.26. The molecule has 0 amide bonds. The zero-order chi connectivity index (χ0) is 20.4. The molecular weight excluding hydrogens is 389 g/mol. The molecule has 0 aromatic heterocycles. The van der Waals surface area contributed by atoms with Gasteiger partial charge in [-0.15, -0.1) is 0 Å². The number of carbonyl (C=O) groups excluding carboxylic acids is 1. The van der Waals surface area contributed by atoms with E-state index in [2.05, 4.69) is 4.74 Å². The highest BCUT2D eigenvalue weighted by Gasteiger charge is 2.34. The highest BCUT2D eigenvalue weighted by Crippen LogP contribution is 2.37. The predicted molar refractivity (Wildman–Crippen MR) is 87.6 cm³/mol.